The number of benzene rings is 1. The van der Waals surface area contributed by atoms with Crippen molar-refractivity contribution in [2.75, 3.05) is 6.61 Å². The molecule has 1 aromatic carbocycles. The Hall–Kier alpha value is -1.49. The first-order chi connectivity index (χ1) is 9.58. The predicted octanol–water partition coefficient (Wildman–Crippen LogP) is 4.92. The second kappa shape index (κ2) is 8.64. The minimum atomic E-state index is -0.896. The topological polar surface area (TPSA) is 47.9 Å². The highest BCUT2D eigenvalue weighted by Gasteiger charge is 2.13. The molecule has 0 heterocycles. The quantitative estimate of drug-likeness (QED) is 0.246. The third kappa shape index (κ3) is 5.25. The molecule has 1 rings (SSSR count). The molecule has 0 aliphatic heterocycles. The largest absolute Gasteiger partial charge is 0.513 e. The van der Waals surface area contributed by atoms with Crippen LogP contribution in [0.4, 0.5) is 14.9 Å². The van der Waals surface area contributed by atoms with E-state index >= 15 is 0 Å². The summed E-state index contributed by atoms with van der Waals surface area (Å²) in [6, 6.07) is 2.14. The fourth-order valence-corrected chi connectivity index (χ4v) is 1.65. The molecule has 0 bridgehead atoms. The van der Waals surface area contributed by atoms with Crippen LogP contribution in [-0.2, 0) is 4.74 Å². The maximum Gasteiger partial charge on any atom is 0.513 e. The molecule has 4 nitrogen and oxygen atoms in total. The van der Waals surface area contributed by atoms with Crippen molar-refractivity contribution < 1.29 is 18.7 Å². The van der Waals surface area contributed by atoms with Gasteiger partial charge in [0.1, 0.15) is 5.69 Å². The van der Waals surface area contributed by atoms with E-state index in [0.29, 0.717) is 0 Å². The van der Waals surface area contributed by atoms with E-state index < -0.39 is 12.0 Å². The minimum absolute atomic E-state index is 0.0439. The predicted molar refractivity (Wildman–Crippen MR) is 77.6 cm³/mol. The lowest BCUT2D eigenvalue weighted by molar-refractivity contribution is 0.0974. The zero-order valence-electron chi connectivity index (χ0n) is 10.8. The molecule has 7 heteroatoms. The fourth-order valence-electron chi connectivity index (χ4n) is 1.36. The van der Waals surface area contributed by atoms with Gasteiger partial charge in [0.25, 0.3) is 0 Å². The maximum atomic E-state index is 13.4. The highest BCUT2D eigenvalue weighted by atomic mass is 35.5. The molecule has 0 aromatic heterocycles. The monoisotopic (exact) mass is 317 g/mol. The van der Waals surface area contributed by atoms with E-state index in [2.05, 4.69) is 17.2 Å². The molecule has 0 atom stereocenters. The molecule has 1 aromatic rings. The molecule has 0 fully saturated rings. The summed E-state index contributed by atoms with van der Waals surface area (Å²) in [5.41, 5.74) is -0.113. The van der Waals surface area contributed by atoms with Gasteiger partial charge in [0.05, 0.1) is 16.8 Å². The van der Waals surface area contributed by atoms with Crippen LogP contribution in [0.2, 0.25) is 5.02 Å². The summed E-state index contributed by atoms with van der Waals surface area (Å²) < 4.78 is 23.1. The Bertz CT molecular complexity index is 533. The Kier molecular flexibility index (Phi) is 7.15. The number of aliphatic imine (C=N–C) groups is 1. The lowest BCUT2D eigenvalue weighted by atomic mass is 10.3. The van der Waals surface area contributed by atoms with Gasteiger partial charge in [0.2, 0.25) is 0 Å². The van der Waals surface area contributed by atoms with E-state index in [9.17, 15) is 9.18 Å². The van der Waals surface area contributed by atoms with E-state index in [0.717, 1.165) is 31.4 Å². The Morgan fingerprint density at radius 1 is 1.50 bits per heavy atom. The van der Waals surface area contributed by atoms with Crippen molar-refractivity contribution in [3.63, 3.8) is 0 Å². The van der Waals surface area contributed by atoms with Crippen LogP contribution < -0.4 is 4.74 Å². The van der Waals surface area contributed by atoms with Crippen LogP contribution in [0, 0.1) is 5.82 Å². The van der Waals surface area contributed by atoms with Crippen molar-refractivity contribution in [2.24, 2.45) is 4.99 Å². The van der Waals surface area contributed by atoms with Crippen molar-refractivity contribution in [3.8, 4) is 5.75 Å². The van der Waals surface area contributed by atoms with E-state index in [4.69, 9.17) is 21.1 Å². The maximum absolute atomic E-state index is 13.4. The van der Waals surface area contributed by atoms with Crippen molar-refractivity contribution >= 4 is 40.8 Å². The molecular weight excluding hydrogens is 305 g/mol. The van der Waals surface area contributed by atoms with Crippen LogP contribution >= 0.6 is 23.8 Å². The number of nitrogens with zero attached hydrogens (tertiary/aromatic N) is 1. The first kappa shape index (κ1) is 16.6. The van der Waals surface area contributed by atoms with Crippen LogP contribution in [0.25, 0.3) is 0 Å². The molecule has 20 heavy (non-hydrogen) atoms. The molecule has 0 saturated carbocycles. The fraction of sp³-hybridized carbons (Fsp3) is 0.385. The first-order valence-electron chi connectivity index (χ1n) is 6.00. The molecule has 0 aliphatic carbocycles. The SMILES string of the molecule is CCCCCOC(=O)Oc1cc(N=C=S)c(F)cc1Cl. The number of isothiocyanates is 1. The number of thiocarbonyl (C=S) groups is 1. The number of unbranched alkanes of at least 4 members (excludes halogenated alkanes) is 2. The van der Waals surface area contributed by atoms with Gasteiger partial charge in [-0.05, 0) is 24.7 Å². The molecule has 108 valence electrons. The summed E-state index contributed by atoms with van der Waals surface area (Å²) in [6.45, 7) is 2.30. The Morgan fingerprint density at radius 2 is 2.25 bits per heavy atom. The molecule has 0 unspecified atom stereocenters. The molecule has 0 radical (unpaired) electrons. The standard InChI is InChI=1S/C13H13ClFNO3S/c1-2-3-4-5-18-13(17)19-12-7-11(16-8-20)10(15)6-9(12)14/h6-7H,2-5H2,1H3. The lowest BCUT2D eigenvalue weighted by Crippen LogP contribution is -2.11. The van der Waals surface area contributed by atoms with Crippen molar-refractivity contribution in [3.05, 3.63) is 23.0 Å². The van der Waals surface area contributed by atoms with Crippen molar-refractivity contribution in [2.45, 2.75) is 26.2 Å². The molecule has 0 aliphatic rings. The summed E-state index contributed by atoms with van der Waals surface area (Å²) in [5, 5.41) is 1.97. The number of hydrogen-bond acceptors (Lipinski definition) is 5. The van der Waals surface area contributed by atoms with Crippen LogP contribution in [0.1, 0.15) is 26.2 Å². The highest BCUT2D eigenvalue weighted by molar-refractivity contribution is 7.78. The van der Waals surface area contributed by atoms with Gasteiger partial charge in [-0.3, -0.25) is 0 Å². The molecule has 0 saturated heterocycles. The van der Waals surface area contributed by atoms with Gasteiger partial charge in [-0.2, -0.15) is 4.99 Å². The normalized spacial score (nSPS) is 9.75. The van der Waals surface area contributed by atoms with Crippen LogP contribution in [0.15, 0.2) is 17.1 Å². The number of hydrogen-bond donors (Lipinski definition) is 0. The average molecular weight is 318 g/mol. The van der Waals surface area contributed by atoms with E-state index in [-0.39, 0.29) is 23.1 Å². The summed E-state index contributed by atoms with van der Waals surface area (Å²) in [7, 11) is 0. The number of carbonyl (C=O) groups excluding carboxylic acids is 1. The highest BCUT2D eigenvalue weighted by Crippen LogP contribution is 2.32. The smallest absolute Gasteiger partial charge is 0.434 e. The third-order valence-corrected chi connectivity index (χ3v) is 2.72. The summed E-state index contributed by atoms with van der Waals surface area (Å²) in [5.74, 6) is -0.728. The zero-order valence-corrected chi connectivity index (χ0v) is 12.4. The summed E-state index contributed by atoms with van der Waals surface area (Å²) >= 11 is 10.2. The molecule has 0 amide bonds. The van der Waals surface area contributed by atoms with Gasteiger partial charge in [-0.1, -0.05) is 31.4 Å². The minimum Gasteiger partial charge on any atom is -0.434 e. The van der Waals surface area contributed by atoms with Crippen LogP contribution in [0.3, 0.4) is 0 Å². The van der Waals surface area contributed by atoms with Crippen molar-refractivity contribution in [1.82, 2.24) is 0 Å². The Morgan fingerprint density at radius 3 is 2.90 bits per heavy atom. The van der Waals surface area contributed by atoms with Gasteiger partial charge < -0.3 is 9.47 Å². The van der Waals surface area contributed by atoms with E-state index in [1.54, 1.807) is 0 Å². The Balaban J connectivity index is 2.69. The van der Waals surface area contributed by atoms with Crippen molar-refractivity contribution in [1.29, 1.82) is 0 Å². The van der Waals surface area contributed by atoms with Gasteiger partial charge in [-0.25, -0.2) is 9.18 Å². The summed E-state index contributed by atoms with van der Waals surface area (Å²) in [6.07, 6.45) is 1.83. The first-order valence-corrected chi connectivity index (χ1v) is 6.78. The number of rotatable bonds is 6. The molecular formula is C13H13ClFNO3S. The van der Waals surface area contributed by atoms with Crippen LogP contribution in [-0.4, -0.2) is 17.9 Å². The number of ether oxygens (including phenoxy) is 2. The second-order valence-corrected chi connectivity index (χ2v) is 4.43. The van der Waals surface area contributed by atoms with Gasteiger partial charge in [-0.15, -0.1) is 0 Å². The van der Waals surface area contributed by atoms with E-state index in [1.807, 2.05) is 12.1 Å². The lowest BCUT2D eigenvalue weighted by Gasteiger charge is -2.08. The third-order valence-electron chi connectivity index (χ3n) is 2.33. The average Bonchev–Trinajstić information content (AvgIpc) is 2.40. The van der Waals surface area contributed by atoms with Gasteiger partial charge in [0, 0.05) is 6.07 Å². The number of halogens is 2. The summed E-state index contributed by atoms with van der Waals surface area (Å²) in [4.78, 5) is 14.9. The zero-order chi connectivity index (χ0) is 15.0. The van der Waals surface area contributed by atoms with Crippen LogP contribution in [0.5, 0.6) is 5.75 Å². The Labute approximate surface area is 126 Å². The molecule has 0 N–H and O–H groups in total. The second-order valence-electron chi connectivity index (χ2n) is 3.84. The van der Waals surface area contributed by atoms with E-state index in [1.165, 1.54) is 0 Å². The molecule has 0 spiro atoms. The van der Waals surface area contributed by atoms with Gasteiger partial charge in [0.15, 0.2) is 11.6 Å². The number of carbonyl (C=O) groups is 1. The van der Waals surface area contributed by atoms with Gasteiger partial charge >= 0.3 is 6.16 Å².